The van der Waals surface area contributed by atoms with Crippen molar-refractivity contribution >= 4 is 16.6 Å². The lowest BCUT2D eigenvalue weighted by Gasteiger charge is -2.28. The van der Waals surface area contributed by atoms with Crippen LogP contribution in [0, 0.1) is 0 Å². The van der Waals surface area contributed by atoms with Gasteiger partial charge in [-0.25, -0.2) is 4.98 Å². The number of fused-ring (bicyclic) bond motifs is 3. The normalized spacial score (nSPS) is 16.5. The summed E-state index contributed by atoms with van der Waals surface area (Å²) in [7, 11) is 0. The Kier molecular flexibility index (Phi) is 4.15. The fraction of sp³-hybridized carbons (Fsp3) is 0.143. The quantitative estimate of drug-likeness (QED) is 0.434. The third-order valence-corrected chi connectivity index (χ3v) is 6.97. The Balaban J connectivity index is 1.39. The Morgan fingerprint density at radius 3 is 2.71 bits per heavy atom. The molecule has 2 aliphatic heterocycles. The molecule has 7 rings (SSSR count). The fourth-order valence-corrected chi connectivity index (χ4v) is 5.29. The van der Waals surface area contributed by atoms with E-state index < -0.39 is 0 Å². The highest BCUT2D eigenvalue weighted by atomic mass is 16.5. The molecular formula is C28H22N4O2. The van der Waals surface area contributed by atoms with Crippen LogP contribution in [0.15, 0.2) is 90.2 Å². The number of H-pyrrole nitrogens is 1. The van der Waals surface area contributed by atoms with Crippen molar-refractivity contribution in [1.82, 2.24) is 14.5 Å². The molecule has 2 aliphatic rings. The SMILES string of the molecule is O=c1c2c([nH]c3ccccc13)C(c1ccc3c(c1)CCO3)N(c1ccc(-n3ccnc3)cc1)C2. The van der Waals surface area contributed by atoms with Crippen LogP contribution in [0.5, 0.6) is 5.75 Å². The molecular weight excluding hydrogens is 424 g/mol. The zero-order valence-corrected chi connectivity index (χ0v) is 18.4. The van der Waals surface area contributed by atoms with E-state index >= 15 is 0 Å². The second-order valence-electron chi connectivity index (χ2n) is 8.87. The Labute approximate surface area is 196 Å². The van der Waals surface area contributed by atoms with Gasteiger partial charge in [0.1, 0.15) is 5.75 Å². The van der Waals surface area contributed by atoms with Crippen molar-refractivity contribution in [1.29, 1.82) is 0 Å². The summed E-state index contributed by atoms with van der Waals surface area (Å²) in [6.45, 7) is 1.28. The largest absolute Gasteiger partial charge is 0.493 e. The molecule has 0 fully saturated rings. The molecule has 2 aromatic heterocycles. The first-order valence-corrected chi connectivity index (χ1v) is 11.5. The van der Waals surface area contributed by atoms with Crippen LogP contribution in [0.4, 0.5) is 5.69 Å². The lowest BCUT2D eigenvalue weighted by atomic mass is 9.98. The Morgan fingerprint density at radius 1 is 1.00 bits per heavy atom. The van der Waals surface area contributed by atoms with Gasteiger partial charge in [-0.05, 0) is 59.7 Å². The van der Waals surface area contributed by atoms with Crippen LogP contribution < -0.4 is 15.1 Å². The van der Waals surface area contributed by atoms with E-state index in [1.165, 1.54) is 5.56 Å². The second-order valence-corrected chi connectivity index (χ2v) is 8.87. The predicted molar refractivity (Wildman–Crippen MR) is 132 cm³/mol. The lowest BCUT2D eigenvalue weighted by Crippen LogP contribution is -2.23. The molecule has 6 nitrogen and oxygen atoms in total. The van der Waals surface area contributed by atoms with Crippen molar-refractivity contribution in [2.45, 2.75) is 19.0 Å². The van der Waals surface area contributed by atoms with Gasteiger partial charge in [-0.3, -0.25) is 4.79 Å². The monoisotopic (exact) mass is 446 g/mol. The number of ether oxygens (including phenoxy) is 1. The molecule has 1 unspecified atom stereocenters. The number of hydrogen-bond donors (Lipinski definition) is 1. The van der Waals surface area contributed by atoms with E-state index in [1.54, 1.807) is 12.5 Å². The van der Waals surface area contributed by atoms with Crippen LogP contribution in [-0.2, 0) is 13.0 Å². The molecule has 0 amide bonds. The molecule has 5 aromatic rings. The molecule has 34 heavy (non-hydrogen) atoms. The zero-order chi connectivity index (χ0) is 22.6. The maximum Gasteiger partial charge on any atom is 0.194 e. The van der Waals surface area contributed by atoms with Gasteiger partial charge in [-0.1, -0.05) is 18.2 Å². The van der Waals surface area contributed by atoms with Crippen molar-refractivity contribution in [2.24, 2.45) is 0 Å². The van der Waals surface area contributed by atoms with E-state index in [9.17, 15) is 4.79 Å². The van der Waals surface area contributed by atoms with Gasteiger partial charge in [0.25, 0.3) is 0 Å². The molecule has 0 saturated heterocycles. The minimum absolute atomic E-state index is 0.0858. The van der Waals surface area contributed by atoms with Gasteiger partial charge in [0.05, 0.1) is 24.7 Å². The minimum atomic E-state index is -0.0858. The number of nitrogens with zero attached hydrogens (tertiary/aromatic N) is 3. The molecule has 0 radical (unpaired) electrons. The van der Waals surface area contributed by atoms with Gasteiger partial charge in [-0.15, -0.1) is 0 Å². The van der Waals surface area contributed by atoms with Crippen LogP contribution in [-0.4, -0.2) is 21.1 Å². The first-order chi connectivity index (χ1) is 16.8. The summed E-state index contributed by atoms with van der Waals surface area (Å²) in [5.74, 6) is 0.963. The summed E-state index contributed by atoms with van der Waals surface area (Å²) in [6.07, 6.45) is 6.41. The number of imidazole rings is 1. The number of para-hydroxylation sites is 1. The predicted octanol–water partition coefficient (Wildman–Crippen LogP) is 4.76. The number of rotatable bonds is 3. The molecule has 3 aromatic carbocycles. The number of benzene rings is 3. The highest BCUT2D eigenvalue weighted by Crippen LogP contribution is 2.42. The fourth-order valence-electron chi connectivity index (χ4n) is 5.29. The smallest absolute Gasteiger partial charge is 0.194 e. The number of nitrogens with one attached hydrogen (secondary N) is 1. The molecule has 4 heterocycles. The number of aromatic nitrogens is 3. The third kappa shape index (κ3) is 2.88. The molecule has 6 heteroatoms. The van der Waals surface area contributed by atoms with Gasteiger partial charge >= 0.3 is 0 Å². The summed E-state index contributed by atoms with van der Waals surface area (Å²) in [5.41, 5.74) is 7.29. The highest BCUT2D eigenvalue weighted by Gasteiger charge is 2.35. The summed E-state index contributed by atoms with van der Waals surface area (Å²) in [5, 5.41) is 0.736. The molecule has 0 bridgehead atoms. The summed E-state index contributed by atoms with van der Waals surface area (Å²) in [4.78, 5) is 23.6. The van der Waals surface area contributed by atoms with Crippen molar-refractivity contribution in [3.63, 3.8) is 0 Å². The van der Waals surface area contributed by atoms with Crippen LogP contribution in [0.3, 0.4) is 0 Å². The number of anilines is 1. The Bertz CT molecular complexity index is 1590. The van der Waals surface area contributed by atoms with Crippen molar-refractivity contribution in [2.75, 3.05) is 11.5 Å². The maximum absolute atomic E-state index is 13.5. The molecule has 1 N–H and O–H groups in total. The van der Waals surface area contributed by atoms with E-state index in [0.29, 0.717) is 6.54 Å². The van der Waals surface area contributed by atoms with E-state index in [1.807, 2.05) is 35.0 Å². The maximum atomic E-state index is 13.5. The topological polar surface area (TPSA) is 63.2 Å². The number of pyridine rings is 1. The first-order valence-electron chi connectivity index (χ1n) is 11.5. The highest BCUT2D eigenvalue weighted by molar-refractivity contribution is 5.80. The van der Waals surface area contributed by atoms with Crippen LogP contribution in [0.25, 0.3) is 16.6 Å². The van der Waals surface area contributed by atoms with E-state index in [0.717, 1.165) is 57.9 Å². The van der Waals surface area contributed by atoms with E-state index in [4.69, 9.17) is 4.74 Å². The minimum Gasteiger partial charge on any atom is -0.493 e. The van der Waals surface area contributed by atoms with Gasteiger partial charge in [0.15, 0.2) is 5.43 Å². The van der Waals surface area contributed by atoms with Gasteiger partial charge in [0.2, 0.25) is 0 Å². The first kappa shape index (κ1) is 19.2. The van der Waals surface area contributed by atoms with Crippen molar-refractivity contribution in [3.05, 3.63) is 118 Å². The second kappa shape index (κ2) is 7.35. The van der Waals surface area contributed by atoms with Gasteiger partial charge < -0.3 is 19.2 Å². The average Bonchev–Trinajstić information content (AvgIpc) is 3.63. The van der Waals surface area contributed by atoms with Gasteiger partial charge in [-0.2, -0.15) is 0 Å². The third-order valence-electron chi connectivity index (χ3n) is 6.97. The van der Waals surface area contributed by atoms with E-state index in [2.05, 4.69) is 57.3 Å². The van der Waals surface area contributed by atoms with Crippen molar-refractivity contribution in [3.8, 4) is 11.4 Å². The summed E-state index contributed by atoms with van der Waals surface area (Å²) in [6, 6.07) is 22.5. The molecule has 1 atom stereocenters. The standard InChI is InChI=1S/C28H22N4O2/c33-28-22-3-1-2-4-24(22)30-26-23(28)16-32(21-8-6-20(7-9-21)31-13-12-29-17-31)27(26)19-5-10-25-18(15-19)11-14-34-25/h1-10,12-13,15,17,27H,11,14,16H2,(H,30,33). The van der Waals surface area contributed by atoms with Crippen molar-refractivity contribution < 1.29 is 4.74 Å². The zero-order valence-electron chi connectivity index (χ0n) is 18.4. The van der Waals surface area contributed by atoms with E-state index in [-0.39, 0.29) is 11.5 Å². The Morgan fingerprint density at radius 2 is 1.85 bits per heavy atom. The average molecular weight is 447 g/mol. The molecule has 0 aliphatic carbocycles. The summed E-state index contributed by atoms with van der Waals surface area (Å²) >= 11 is 0. The number of hydrogen-bond acceptors (Lipinski definition) is 4. The number of aromatic amines is 1. The molecule has 0 saturated carbocycles. The molecule has 0 spiro atoms. The lowest BCUT2D eigenvalue weighted by molar-refractivity contribution is 0.357. The van der Waals surface area contributed by atoms with Crippen LogP contribution in [0.1, 0.15) is 28.4 Å². The Hall–Kier alpha value is -4.32. The molecule has 166 valence electrons. The summed E-state index contributed by atoms with van der Waals surface area (Å²) < 4.78 is 7.73. The van der Waals surface area contributed by atoms with Crippen LogP contribution >= 0.6 is 0 Å². The van der Waals surface area contributed by atoms with Crippen LogP contribution in [0.2, 0.25) is 0 Å². The van der Waals surface area contributed by atoms with Gasteiger partial charge in [0, 0.05) is 53.2 Å².